The topological polar surface area (TPSA) is 126 Å². The molecule has 2 heterocycles. The number of benzene rings is 2. The van der Waals surface area contributed by atoms with Crippen molar-refractivity contribution in [3.63, 3.8) is 0 Å². The molecule has 4 aromatic rings. The average molecular weight is 590 g/mol. The molecule has 1 amide bonds. The molecular weight excluding hydrogens is 550 g/mol. The summed E-state index contributed by atoms with van der Waals surface area (Å²) in [5, 5.41) is 14.6. The molecule has 2 aromatic heterocycles. The molecule has 42 heavy (non-hydrogen) atoms. The number of imidazole rings is 1. The van der Waals surface area contributed by atoms with Crippen molar-refractivity contribution in [3.05, 3.63) is 83.9 Å². The summed E-state index contributed by atoms with van der Waals surface area (Å²) in [5.41, 5.74) is 2.79. The Hall–Kier alpha value is -4.16. The van der Waals surface area contributed by atoms with Crippen LogP contribution in [0.2, 0.25) is 25.7 Å². The number of tetrazole rings is 1. The maximum absolute atomic E-state index is 13.1. The van der Waals surface area contributed by atoms with E-state index in [2.05, 4.69) is 45.5 Å². The lowest BCUT2D eigenvalue weighted by Gasteiger charge is -2.16. The third kappa shape index (κ3) is 9.18. The summed E-state index contributed by atoms with van der Waals surface area (Å²) >= 11 is 0. The Labute approximate surface area is 247 Å². The molecule has 0 fully saturated rings. The van der Waals surface area contributed by atoms with Gasteiger partial charge in [0.1, 0.15) is 25.7 Å². The number of hydrogen-bond donors (Lipinski definition) is 1. The van der Waals surface area contributed by atoms with Gasteiger partial charge in [-0.2, -0.15) is 0 Å². The minimum absolute atomic E-state index is 0.0708. The van der Waals surface area contributed by atoms with Crippen molar-refractivity contribution < 1.29 is 19.1 Å². The highest BCUT2D eigenvalue weighted by atomic mass is 28.3. The first-order valence-electron chi connectivity index (χ1n) is 14.1. The summed E-state index contributed by atoms with van der Waals surface area (Å²) in [6.07, 6.45) is 3.87. The maximum atomic E-state index is 13.1. The molecule has 0 aliphatic rings. The largest absolute Gasteiger partial charge is 0.445 e. The molecule has 0 aliphatic carbocycles. The number of ether oxygens (including phenoxy) is 2. The van der Waals surface area contributed by atoms with Gasteiger partial charge in [0.25, 0.3) is 0 Å². The number of hydrogen-bond acceptors (Lipinski definition) is 8. The smallest absolute Gasteiger partial charge is 0.408 e. The van der Waals surface area contributed by atoms with E-state index in [-0.39, 0.29) is 18.9 Å². The molecule has 1 unspecified atom stereocenters. The third-order valence-electron chi connectivity index (χ3n) is 6.70. The highest BCUT2D eigenvalue weighted by molar-refractivity contribution is 6.76. The van der Waals surface area contributed by atoms with Gasteiger partial charge >= 0.3 is 6.09 Å². The lowest BCUT2D eigenvalue weighted by Crippen LogP contribution is -2.42. The van der Waals surface area contributed by atoms with Crippen LogP contribution >= 0.6 is 0 Å². The number of carbonyl (C=O) groups excluding carboxylic acids is 2. The first-order valence-corrected chi connectivity index (χ1v) is 17.9. The molecule has 11 nitrogen and oxygen atoms in total. The van der Waals surface area contributed by atoms with Gasteiger partial charge in [-0.15, -0.1) is 5.10 Å². The number of rotatable bonds is 15. The van der Waals surface area contributed by atoms with Gasteiger partial charge < -0.3 is 19.4 Å². The number of nitrogens with zero attached hydrogens (tertiary/aromatic N) is 6. The standard InChI is InChI=1S/C30H39N7O4Si/c1-5-26(32-30(39)41-21-23-10-7-6-8-11-23)27(38)20-37-28(33-34-35-37)19-24-12-9-13-25(18-24)29-31-14-15-36(29)22-40-16-17-42(2,3)4/h6-15,18,26H,5,16-17,19-22H2,1-4H3,(H,32,39). The van der Waals surface area contributed by atoms with E-state index in [0.29, 0.717) is 25.4 Å². The normalized spacial score (nSPS) is 12.2. The molecule has 1 atom stereocenters. The lowest BCUT2D eigenvalue weighted by molar-refractivity contribution is -0.121. The second-order valence-electron chi connectivity index (χ2n) is 11.3. The summed E-state index contributed by atoms with van der Waals surface area (Å²) in [6.45, 7) is 10.1. The van der Waals surface area contributed by atoms with Crippen LogP contribution in [0.15, 0.2) is 67.0 Å². The Morgan fingerprint density at radius 1 is 1.05 bits per heavy atom. The van der Waals surface area contributed by atoms with E-state index in [1.807, 2.05) is 72.3 Å². The van der Waals surface area contributed by atoms with Crippen molar-refractivity contribution in [2.45, 2.75) is 71.4 Å². The number of nitrogens with one attached hydrogen (secondary N) is 1. The summed E-state index contributed by atoms with van der Waals surface area (Å²) < 4.78 is 14.7. The molecule has 0 spiro atoms. The van der Waals surface area contributed by atoms with Crippen molar-refractivity contribution in [3.8, 4) is 11.4 Å². The van der Waals surface area contributed by atoms with Gasteiger partial charge in [0, 0.05) is 39.1 Å². The fourth-order valence-corrected chi connectivity index (χ4v) is 5.02. The second-order valence-corrected chi connectivity index (χ2v) is 17.0. The van der Waals surface area contributed by atoms with Gasteiger partial charge in [-0.3, -0.25) is 4.79 Å². The molecule has 0 bridgehead atoms. The Bertz CT molecular complexity index is 1450. The van der Waals surface area contributed by atoms with Gasteiger partial charge in [0.05, 0.1) is 6.04 Å². The van der Waals surface area contributed by atoms with E-state index < -0.39 is 20.2 Å². The fraction of sp³-hybridized carbons (Fsp3) is 0.400. The Kier molecular flexibility index (Phi) is 10.7. The molecule has 0 saturated heterocycles. The highest BCUT2D eigenvalue weighted by Crippen LogP contribution is 2.21. The number of ketones is 1. The first kappa shape index (κ1) is 30.8. The second kappa shape index (κ2) is 14.6. The van der Waals surface area contributed by atoms with Crippen molar-refractivity contribution in [1.29, 1.82) is 0 Å². The van der Waals surface area contributed by atoms with Crippen LogP contribution in [0.4, 0.5) is 4.79 Å². The van der Waals surface area contributed by atoms with E-state index in [4.69, 9.17) is 9.47 Å². The lowest BCUT2D eigenvalue weighted by atomic mass is 10.1. The maximum Gasteiger partial charge on any atom is 0.408 e. The molecule has 0 radical (unpaired) electrons. The average Bonchev–Trinajstić information content (AvgIpc) is 3.62. The predicted octanol–water partition coefficient (Wildman–Crippen LogP) is 4.71. The van der Waals surface area contributed by atoms with Crippen molar-refractivity contribution in [1.82, 2.24) is 35.1 Å². The molecule has 4 rings (SSSR count). The van der Waals surface area contributed by atoms with Crippen LogP contribution in [-0.2, 0) is 40.6 Å². The van der Waals surface area contributed by atoms with Gasteiger partial charge in [-0.25, -0.2) is 14.5 Å². The zero-order valence-electron chi connectivity index (χ0n) is 24.7. The van der Waals surface area contributed by atoms with E-state index in [1.165, 1.54) is 4.68 Å². The van der Waals surface area contributed by atoms with Crippen LogP contribution in [0.25, 0.3) is 11.4 Å². The minimum atomic E-state index is -1.16. The molecule has 2 aromatic carbocycles. The monoisotopic (exact) mass is 589 g/mol. The van der Waals surface area contributed by atoms with Crippen LogP contribution in [-0.4, -0.2) is 62.4 Å². The summed E-state index contributed by atoms with van der Waals surface area (Å²) in [7, 11) is -1.16. The zero-order chi connectivity index (χ0) is 30.0. The quantitative estimate of drug-likeness (QED) is 0.156. The van der Waals surface area contributed by atoms with Gasteiger partial charge in [-0.05, 0) is 40.1 Å². The molecule has 0 saturated carbocycles. The third-order valence-corrected chi connectivity index (χ3v) is 8.41. The molecule has 12 heteroatoms. The van der Waals surface area contributed by atoms with Gasteiger partial charge in [-0.1, -0.05) is 75.1 Å². The number of Topliss-reactive ketones (excluding diaryl/α,β-unsaturated/α-hetero) is 1. The van der Waals surface area contributed by atoms with E-state index in [9.17, 15) is 9.59 Å². The Balaban J connectivity index is 1.35. The highest BCUT2D eigenvalue weighted by Gasteiger charge is 2.22. The predicted molar refractivity (Wildman–Crippen MR) is 161 cm³/mol. The zero-order valence-corrected chi connectivity index (χ0v) is 25.7. The number of alkyl carbamates (subject to hydrolysis) is 1. The van der Waals surface area contributed by atoms with Crippen LogP contribution in [0, 0.1) is 0 Å². The summed E-state index contributed by atoms with van der Waals surface area (Å²) in [4.78, 5) is 29.9. The molecular formula is C30H39N7O4Si. The number of amides is 1. The molecule has 0 aliphatic heterocycles. The van der Waals surface area contributed by atoms with E-state index in [1.54, 1.807) is 6.20 Å². The minimum Gasteiger partial charge on any atom is -0.445 e. The summed E-state index contributed by atoms with van der Waals surface area (Å²) in [5.74, 6) is 1.14. The van der Waals surface area contributed by atoms with E-state index in [0.717, 1.165) is 35.2 Å². The molecule has 1 N–H and O–H groups in total. The SMILES string of the molecule is CCC(NC(=O)OCc1ccccc1)C(=O)Cn1nnnc1Cc1cccc(-c2nccn2COCC[Si](C)(C)C)c1. The van der Waals surface area contributed by atoms with Crippen LogP contribution in [0.5, 0.6) is 0 Å². The number of aromatic nitrogens is 6. The Morgan fingerprint density at radius 3 is 2.60 bits per heavy atom. The van der Waals surface area contributed by atoms with Crippen molar-refractivity contribution in [2.75, 3.05) is 6.61 Å². The Morgan fingerprint density at radius 2 is 1.83 bits per heavy atom. The first-order chi connectivity index (χ1) is 20.2. The van der Waals surface area contributed by atoms with Crippen LogP contribution < -0.4 is 5.32 Å². The summed E-state index contributed by atoms with van der Waals surface area (Å²) in [6, 6.07) is 17.7. The van der Waals surface area contributed by atoms with Crippen LogP contribution in [0.1, 0.15) is 30.3 Å². The van der Waals surface area contributed by atoms with Crippen molar-refractivity contribution in [2.24, 2.45) is 0 Å². The van der Waals surface area contributed by atoms with Crippen LogP contribution in [0.3, 0.4) is 0 Å². The fourth-order valence-electron chi connectivity index (χ4n) is 4.27. The van der Waals surface area contributed by atoms with Gasteiger partial charge in [0.15, 0.2) is 11.6 Å². The molecule has 222 valence electrons. The van der Waals surface area contributed by atoms with Gasteiger partial charge in [0.2, 0.25) is 0 Å². The van der Waals surface area contributed by atoms with Crippen molar-refractivity contribution >= 4 is 20.0 Å². The van der Waals surface area contributed by atoms with E-state index >= 15 is 0 Å². The number of carbonyl (C=O) groups is 2.